The summed E-state index contributed by atoms with van der Waals surface area (Å²) in [6, 6.07) is -0.102. The Balaban J connectivity index is 2.48. The van der Waals surface area contributed by atoms with Gasteiger partial charge in [0.05, 0.1) is 5.92 Å². The van der Waals surface area contributed by atoms with Gasteiger partial charge in [-0.3, -0.25) is 4.79 Å². The van der Waals surface area contributed by atoms with E-state index in [1.54, 1.807) is 0 Å². The third-order valence-corrected chi connectivity index (χ3v) is 1.97. The smallest absolute Gasteiger partial charge is 0.312 e. The molecule has 0 bridgehead atoms. The highest BCUT2D eigenvalue weighted by atomic mass is 16.6. The molecule has 0 saturated carbocycles. The predicted molar refractivity (Wildman–Crippen MR) is 50.2 cm³/mol. The van der Waals surface area contributed by atoms with Gasteiger partial charge in [0.25, 0.3) is 0 Å². The van der Waals surface area contributed by atoms with Crippen molar-refractivity contribution >= 4 is 5.97 Å². The highest BCUT2D eigenvalue weighted by Gasteiger charge is 2.33. The van der Waals surface area contributed by atoms with Gasteiger partial charge in [-0.05, 0) is 20.8 Å². The third-order valence-electron chi connectivity index (χ3n) is 1.97. The summed E-state index contributed by atoms with van der Waals surface area (Å²) in [5.41, 5.74) is 5.32. The van der Waals surface area contributed by atoms with Crippen molar-refractivity contribution in [2.45, 2.75) is 32.4 Å². The lowest BCUT2D eigenvalue weighted by molar-refractivity contribution is -0.159. The van der Waals surface area contributed by atoms with Crippen LogP contribution in [0.3, 0.4) is 0 Å². The number of nitrogens with one attached hydrogen (secondary N) is 1. The van der Waals surface area contributed by atoms with Crippen molar-refractivity contribution in [3.8, 4) is 0 Å². The van der Waals surface area contributed by atoms with Gasteiger partial charge < -0.3 is 15.8 Å². The van der Waals surface area contributed by atoms with Crippen LogP contribution in [0, 0.1) is 5.92 Å². The molecule has 0 unspecified atom stereocenters. The molecule has 0 aromatic rings. The van der Waals surface area contributed by atoms with Gasteiger partial charge in [0.15, 0.2) is 0 Å². The number of rotatable bonds is 1. The van der Waals surface area contributed by atoms with Crippen LogP contribution in [-0.4, -0.2) is 30.7 Å². The van der Waals surface area contributed by atoms with Crippen molar-refractivity contribution in [1.82, 2.24) is 5.32 Å². The summed E-state index contributed by atoms with van der Waals surface area (Å²) in [7, 11) is 0. The second kappa shape index (κ2) is 3.64. The largest absolute Gasteiger partial charge is 0.460 e. The maximum Gasteiger partial charge on any atom is 0.312 e. The van der Waals surface area contributed by atoms with Crippen LogP contribution in [0.25, 0.3) is 0 Å². The zero-order valence-corrected chi connectivity index (χ0v) is 8.46. The van der Waals surface area contributed by atoms with Crippen LogP contribution >= 0.6 is 0 Å². The van der Waals surface area contributed by atoms with Gasteiger partial charge in [-0.15, -0.1) is 0 Å². The van der Waals surface area contributed by atoms with Crippen LogP contribution < -0.4 is 11.1 Å². The summed E-state index contributed by atoms with van der Waals surface area (Å²) in [5.74, 6) is -0.371. The van der Waals surface area contributed by atoms with Crippen LogP contribution in [0.15, 0.2) is 0 Å². The average Bonchev–Trinajstić information content (AvgIpc) is 2.30. The van der Waals surface area contributed by atoms with E-state index in [-0.39, 0.29) is 17.9 Å². The molecule has 0 aromatic carbocycles. The zero-order valence-electron chi connectivity index (χ0n) is 8.46. The molecule has 4 nitrogen and oxygen atoms in total. The van der Waals surface area contributed by atoms with E-state index in [4.69, 9.17) is 10.5 Å². The lowest BCUT2D eigenvalue weighted by Gasteiger charge is -2.23. The SMILES string of the molecule is CC(C)(C)OC(=O)[C@@H]1CNC[C@@H]1N. The Morgan fingerprint density at radius 3 is 2.46 bits per heavy atom. The standard InChI is InChI=1S/C9H18N2O2/c1-9(2,3)13-8(12)6-4-11-5-7(6)10/h6-7,11H,4-5,10H2,1-3H3/t6-,7+/m1/s1. The van der Waals surface area contributed by atoms with Crippen LogP contribution in [0.2, 0.25) is 0 Å². The van der Waals surface area contributed by atoms with Crippen molar-refractivity contribution in [2.24, 2.45) is 11.7 Å². The van der Waals surface area contributed by atoms with E-state index in [2.05, 4.69) is 5.32 Å². The molecule has 0 aliphatic carbocycles. The minimum absolute atomic E-state index is 0.102. The van der Waals surface area contributed by atoms with Gasteiger partial charge in [-0.25, -0.2) is 0 Å². The molecule has 0 spiro atoms. The summed E-state index contributed by atoms with van der Waals surface area (Å²) in [6.45, 7) is 6.91. The van der Waals surface area contributed by atoms with E-state index in [0.717, 1.165) is 0 Å². The van der Waals surface area contributed by atoms with E-state index in [1.165, 1.54) is 0 Å². The third kappa shape index (κ3) is 2.97. The normalized spacial score (nSPS) is 28.9. The lowest BCUT2D eigenvalue weighted by atomic mass is 10.0. The fourth-order valence-electron chi connectivity index (χ4n) is 1.33. The van der Waals surface area contributed by atoms with Crippen LogP contribution in [0.4, 0.5) is 0 Å². The maximum absolute atomic E-state index is 11.5. The highest BCUT2D eigenvalue weighted by Crippen LogP contribution is 2.15. The topological polar surface area (TPSA) is 64.3 Å². The number of hydrogen-bond acceptors (Lipinski definition) is 4. The molecular weight excluding hydrogens is 168 g/mol. The minimum atomic E-state index is -0.417. The van der Waals surface area contributed by atoms with Gasteiger partial charge in [0, 0.05) is 19.1 Å². The number of hydrogen-bond donors (Lipinski definition) is 2. The quantitative estimate of drug-likeness (QED) is 0.560. The molecular formula is C9H18N2O2. The van der Waals surface area contributed by atoms with Crippen LogP contribution in [0.5, 0.6) is 0 Å². The monoisotopic (exact) mass is 186 g/mol. The first kappa shape index (κ1) is 10.5. The Morgan fingerprint density at radius 1 is 1.46 bits per heavy atom. The number of nitrogens with two attached hydrogens (primary N) is 1. The van der Waals surface area contributed by atoms with Crippen molar-refractivity contribution in [3.63, 3.8) is 0 Å². The summed E-state index contributed by atoms with van der Waals surface area (Å²) in [6.07, 6.45) is 0. The van der Waals surface area contributed by atoms with Crippen LogP contribution in [0.1, 0.15) is 20.8 Å². The fraction of sp³-hybridized carbons (Fsp3) is 0.889. The number of carbonyl (C=O) groups is 1. The molecule has 0 aromatic heterocycles. The van der Waals surface area contributed by atoms with Crippen LogP contribution in [-0.2, 0) is 9.53 Å². The van der Waals surface area contributed by atoms with E-state index in [0.29, 0.717) is 13.1 Å². The number of carbonyl (C=O) groups excluding carboxylic acids is 1. The molecule has 1 saturated heterocycles. The predicted octanol–water partition coefficient (Wildman–Crippen LogP) is -0.125. The summed E-state index contributed by atoms with van der Waals surface area (Å²) in [5, 5.41) is 3.06. The number of ether oxygens (including phenoxy) is 1. The molecule has 76 valence electrons. The fourth-order valence-corrected chi connectivity index (χ4v) is 1.33. The summed E-state index contributed by atoms with van der Waals surface area (Å²) < 4.78 is 5.23. The minimum Gasteiger partial charge on any atom is -0.460 e. The van der Waals surface area contributed by atoms with E-state index in [9.17, 15) is 4.79 Å². The zero-order chi connectivity index (χ0) is 10.1. The van der Waals surface area contributed by atoms with Crippen molar-refractivity contribution in [1.29, 1.82) is 0 Å². The van der Waals surface area contributed by atoms with Gasteiger partial charge in [-0.2, -0.15) is 0 Å². The van der Waals surface area contributed by atoms with E-state index >= 15 is 0 Å². The molecule has 3 N–H and O–H groups in total. The summed E-state index contributed by atoms with van der Waals surface area (Å²) in [4.78, 5) is 11.5. The van der Waals surface area contributed by atoms with Crippen molar-refractivity contribution in [3.05, 3.63) is 0 Å². The lowest BCUT2D eigenvalue weighted by Crippen LogP contribution is -2.38. The van der Waals surface area contributed by atoms with E-state index in [1.807, 2.05) is 20.8 Å². The first-order valence-electron chi connectivity index (χ1n) is 4.59. The Kier molecular flexibility index (Phi) is 2.93. The molecule has 1 aliphatic rings. The Labute approximate surface area is 78.8 Å². The highest BCUT2D eigenvalue weighted by molar-refractivity contribution is 5.74. The molecule has 0 radical (unpaired) electrons. The molecule has 0 amide bonds. The molecule has 1 rings (SSSR count). The second-order valence-electron chi connectivity index (χ2n) is 4.46. The molecule has 2 atom stereocenters. The van der Waals surface area contributed by atoms with Crippen molar-refractivity contribution < 1.29 is 9.53 Å². The molecule has 1 heterocycles. The molecule has 1 aliphatic heterocycles. The van der Waals surface area contributed by atoms with Gasteiger partial charge in [-0.1, -0.05) is 0 Å². The first-order chi connectivity index (χ1) is 5.90. The summed E-state index contributed by atoms with van der Waals surface area (Å²) >= 11 is 0. The average molecular weight is 186 g/mol. The van der Waals surface area contributed by atoms with Crippen molar-refractivity contribution in [2.75, 3.05) is 13.1 Å². The molecule has 4 heteroatoms. The van der Waals surface area contributed by atoms with Gasteiger partial charge in [0.2, 0.25) is 0 Å². The first-order valence-corrected chi connectivity index (χ1v) is 4.59. The Hall–Kier alpha value is -0.610. The van der Waals surface area contributed by atoms with E-state index < -0.39 is 5.60 Å². The maximum atomic E-state index is 11.5. The van der Waals surface area contributed by atoms with Gasteiger partial charge in [0.1, 0.15) is 5.60 Å². The number of esters is 1. The molecule has 1 fully saturated rings. The second-order valence-corrected chi connectivity index (χ2v) is 4.46. The molecule has 13 heavy (non-hydrogen) atoms. The van der Waals surface area contributed by atoms with Gasteiger partial charge >= 0.3 is 5.97 Å². The Morgan fingerprint density at radius 2 is 2.08 bits per heavy atom. The Bertz CT molecular complexity index is 198.